The van der Waals surface area contributed by atoms with Crippen molar-refractivity contribution in [2.75, 3.05) is 31.8 Å². The number of likely N-dealkylation sites (tertiary alicyclic amines) is 1. The van der Waals surface area contributed by atoms with Crippen LogP contribution < -0.4 is 9.64 Å². The Morgan fingerprint density at radius 2 is 1.90 bits per heavy atom. The first-order chi connectivity index (χ1) is 20.4. The highest BCUT2D eigenvalue weighted by molar-refractivity contribution is 6.04. The summed E-state index contributed by atoms with van der Waals surface area (Å²) in [4.78, 5) is 45.5. The summed E-state index contributed by atoms with van der Waals surface area (Å²) in [7, 11) is 1.57. The second-order valence-electron chi connectivity index (χ2n) is 11.0. The molecule has 2 amide bonds. The van der Waals surface area contributed by atoms with Crippen LogP contribution in [0.1, 0.15) is 24.8 Å². The van der Waals surface area contributed by atoms with Crippen molar-refractivity contribution in [3.05, 3.63) is 85.5 Å². The maximum atomic E-state index is 14.7. The van der Waals surface area contributed by atoms with Gasteiger partial charge in [-0.05, 0) is 55.5 Å². The number of amides is 2. The smallest absolute Gasteiger partial charge is 0.312 e. The lowest BCUT2D eigenvalue weighted by Gasteiger charge is -2.39. The molecule has 2 aromatic carbocycles. The van der Waals surface area contributed by atoms with Gasteiger partial charge in [-0.3, -0.25) is 14.4 Å². The molecule has 6 atom stereocenters. The first-order valence-electron chi connectivity index (χ1n) is 14.4. The third-order valence-electron chi connectivity index (χ3n) is 8.69. The van der Waals surface area contributed by atoms with Crippen molar-refractivity contribution in [3.63, 3.8) is 0 Å². The van der Waals surface area contributed by atoms with Gasteiger partial charge in [-0.15, -0.1) is 13.2 Å². The van der Waals surface area contributed by atoms with Gasteiger partial charge >= 0.3 is 5.97 Å². The van der Waals surface area contributed by atoms with Crippen molar-refractivity contribution >= 4 is 23.5 Å². The van der Waals surface area contributed by atoms with Gasteiger partial charge in [0.25, 0.3) is 5.91 Å². The fourth-order valence-electron chi connectivity index (χ4n) is 6.87. The van der Waals surface area contributed by atoms with E-state index < -0.39 is 41.6 Å². The number of fused-ring (bicyclic) bond motifs is 1. The number of rotatable bonds is 13. The van der Waals surface area contributed by atoms with Gasteiger partial charge in [-0.1, -0.05) is 42.5 Å². The molecule has 1 spiro atoms. The number of carbonyl (C=O) groups excluding carboxylic acids is 3. The monoisotopic (exact) mass is 574 g/mol. The van der Waals surface area contributed by atoms with Gasteiger partial charge in [0, 0.05) is 12.2 Å². The van der Waals surface area contributed by atoms with Crippen LogP contribution in [0, 0.1) is 11.8 Å². The van der Waals surface area contributed by atoms with Gasteiger partial charge in [0.05, 0.1) is 44.3 Å². The Labute approximate surface area is 246 Å². The average Bonchev–Trinajstić information content (AvgIpc) is 3.66. The molecular weight excluding hydrogens is 536 g/mol. The highest BCUT2D eigenvalue weighted by Crippen LogP contribution is 2.59. The van der Waals surface area contributed by atoms with E-state index in [2.05, 4.69) is 13.2 Å². The van der Waals surface area contributed by atoms with Gasteiger partial charge in [0.1, 0.15) is 17.4 Å². The van der Waals surface area contributed by atoms with E-state index in [4.69, 9.17) is 14.2 Å². The fourth-order valence-corrected chi connectivity index (χ4v) is 6.87. The van der Waals surface area contributed by atoms with Crippen molar-refractivity contribution in [1.82, 2.24) is 4.90 Å². The molecule has 2 unspecified atom stereocenters. The van der Waals surface area contributed by atoms with E-state index in [1.54, 1.807) is 48.4 Å². The zero-order valence-electron chi connectivity index (χ0n) is 23.9. The summed E-state index contributed by atoms with van der Waals surface area (Å²) >= 11 is 0. The lowest BCUT2D eigenvalue weighted by molar-refractivity contribution is -0.155. The van der Waals surface area contributed by atoms with Crippen molar-refractivity contribution < 1.29 is 33.7 Å². The number of aliphatic hydroxyl groups is 1. The van der Waals surface area contributed by atoms with Crippen LogP contribution in [0.3, 0.4) is 0 Å². The third kappa shape index (κ3) is 5.12. The minimum absolute atomic E-state index is 0.156. The first-order valence-corrected chi connectivity index (χ1v) is 14.4. The summed E-state index contributed by atoms with van der Waals surface area (Å²) in [5.74, 6) is -2.32. The van der Waals surface area contributed by atoms with Gasteiger partial charge in [0.15, 0.2) is 0 Å². The van der Waals surface area contributed by atoms with Gasteiger partial charge in [-0.25, -0.2) is 0 Å². The Kier molecular flexibility index (Phi) is 8.80. The van der Waals surface area contributed by atoms with Crippen molar-refractivity contribution in [3.8, 4) is 5.75 Å². The van der Waals surface area contributed by atoms with Gasteiger partial charge in [0.2, 0.25) is 5.91 Å². The number of hydrogen-bond acceptors (Lipinski definition) is 7. The molecule has 0 aromatic heterocycles. The Morgan fingerprint density at radius 3 is 2.55 bits per heavy atom. The average molecular weight is 575 g/mol. The molecule has 2 aromatic rings. The van der Waals surface area contributed by atoms with E-state index in [1.165, 1.54) is 4.90 Å². The minimum atomic E-state index is -1.23. The second-order valence-corrected chi connectivity index (χ2v) is 11.0. The number of anilines is 1. The van der Waals surface area contributed by atoms with Crippen LogP contribution in [0.5, 0.6) is 5.75 Å². The molecule has 0 saturated carbocycles. The Hall–Kier alpha value is -3.95. The highest BCUT2D eigenvalue weighted by Gasteiger charge is 2.75. The number of aliphatic hydroxyl groups excluding tert-OH is 1. The van der Waals surface area contributed by atoms with E-state index in [0.717, 1.165) is 5.56 Å². The summed E-state index contributed by atoms with van der Waals surface area (Å²) in [5, 5.41) is 10.6. The first kappa shape index (κ1) is 29.5. The number of esters is 1. The molecule has 222 valence electrons. The van der Waals surface area contributed by atoms with Gasteiger partial charge in [-0.2, -0.15) is 0 Å². The van der Waals surface area contributed by atoms with E-state index in [-0.39, 0.29) is 31.6 Å². The molecule has 3 fully saturated rings. The summed E-state index contributed by atoms with van der Waals surface area (Å²) in [6, 6.07) is 14.8. The number of ether oxygens (including phenoxy) is 3. The van der Waals surface area contributed by atoms with Crippen LogP contribution in [0.4, 0.5) is 5.69 Å². The van der Waals surface area contributed by atoms with Crippen LogP contribution in [0.2, 0.25) is 0 Å². The second kappa shape index (κ2) is 12.5. The normalized spacial score (nSPS) is 26.4. The fraction of sp³-hybridized carbons (Fsp3) is 0.424. The molecule has 3 heterocycles. The summed E-state index contributed by atoms with van der Waals surface area (Å²) in [6.07, 6.45) is 4.54. The van der Waals surface area contributed by atoms with E-state index in [1.807, 2.05) is 30.3 Å². The third-order valence-corrected chi connectivity index (χ3v) is 8.69. The largest absolute Gasteiger partial charge is 0.497 e. The number of benzene rings is 2. The predicted molar refractivity (Wildman–Crippen MR) is 157 cm³/mol. The molecular formula is C33H38N2O7. The van der Waals surface area contributed by atoms with Crippen molar-refractivity contribution in [2.45, 2.75) is 49.5 Å². The van der Waals surface area contributed by atoms with Crippen molar-refractivity contribution in [2.24, 2.45) is 11.8 Å². The zero-order chi connectivity index (χ0) is 29.9. The van der Waals surface area contributed by atoms with E-state index in [9.17, 15) is 19.5 Å². The number of carbonyl (C=O) groups is 3. The van der Waals surface area contributed by atoms with Crippen LogP contribution in [-0.2, 0) is 30.3 Å². The molecule has 0 aliphatic carbocycles. The van der Waals surface area contributed by atoms with Crippen LogP contribution in [0.25, 0.3) is 0 Å². The van der Waals surface area contributed by atoms with E-state index >= 15 is 0 Å². The lowest BCUT2D eigenvalue weighted by atomic mass is 9.70. The molecule has 1 N–H and O–H groups in total. The molecule has 9 nitrogen and oxygen atoms in total. The molecule has 3 aliphatic heterocycles. The molecule has 9 heteroatoms. The van der Waals surface area contributed by atoms with Crippen molar-refractivity contribution in [1.29, 1.82) is 0 Å². The molecule has 42 heavy (non-hydrogen) atoms. The maximum absolute atomic E-state index is 14.7. The highest BCUT2D eigenvalue weighted by atomic mass is 16.6. The van der Waals surface area contributed by atoms with E-state index in [0.29, 0.717) is 37.1 Å². The molecule has 0 radical (unpaired) electrons. The number of hydrogen-bond donors (Lipinski definition) is 1. The van der Waals surface area contributed by atoms with Gasteiger partial charge < -0.3 is 29.1 Å². The Morgan fingerprint density at radius 1 is 1.17 bits per heavy atom. The summed E-state index contributed by atoms with van der Waals surface area (Å²) < 4.78 is 17.4. The zero-order valence-corrected chi connectivity index (χ0v) is 23.9. The van der Waals surface area contributed by atoms with Crippen LogP contribution in [0.15, 0.2) is 79.9 Å². The van der Waals surface area contributed by atoms with Crippen LogP contribution in [-0.4, -0.2) is 78.4 Å². The summed E-state index contributed by atoms with van der Waals surface area (Å²) in [6.45, 7) is 7.50. The Balaban J connectivity index is 1.57. The SMILES string of the molecule is C=CCCOC(=O)[C@@H]1[C@H]2C(=O)N([C@@H](CO)Cc3ccccc3)C(C(=O)N(CC=C)c3ccc(OC)cc3)C23CC[C@H]1O3. The lowest BCUT2D eigenvalue weighted by Crippen LogP contribution is -2.59. The molecule has 3 aliphatic rings. The maximum Gasteiger partial charge on any atom is 0.312 e. The molecule has 2 bridgehead atoms. The number of nitrogens with zero attached hydrogens (tertiary/aromatic N) is 2. The standard InChI is InChI=1S/C33H38N2O7/c1-4-6-19-41-32(39)27-26-16-17-33(42-26)28(27)30(37)35(24(21-36)20-22-10-8-7-9-11-22)29(33)31(38)34(18-5-2)23-12-14-25(40-3)15-13-23/h4-5,7-15,24,26-29,36H,1-2,6,16-21H2,3H3/t24-,26-,27+,28+,29?,33?/m1/s1. The molecule has 3 saturated heterocycles. The minimum Gasteiger partial charge on any atom is -0.497 e. The summed E-state index contributed by atoms with van der Waals surface area (Å²) in [5.41, 5.74) is 0.287. The quantitative estimate of drug-likeness (QED) is 0.222. The predicted octanol–water partition coefficient (Wildman–Crippen LogP) is 3.31. The molecule has 5 rings (SSSR count). The topological polar surface area (TPSA) is 106 Å². The Bertz CT molecular complexity index is 1310. The number of methoxy groups -OCH3 is 1. The van der Waals surface area contributed by atoms with Crippen LogP contribution >= 0.6 is 0 Å².